The minimum Gasteiger partial charge on any atom is -0.480 e. The molecule has 2 aromatic heterocycles. The maximum atomic E-state index is 15.3. The first-order chi connectivity index (χ1) is 20.4. The van der Waals surface area contributed by atoms with Crippen molar-refractivity contribution in [3.05, 3.63) is 60.2 Å². The van der Waals surface area contributed by atoms with Crippen molar-refractivity contribution in [3.8, 4) is 17.1 Å². The van der Waals surface area contributed by atoms with Crippen molar-refractivity contribution in [2.24, 2.45) is 0 Å². The average Bonchev–Trinajstić information content (AvgIpc) is 3.01. The molecule has 4 heterocycles. The van der Waals surface area contributed by atoms with Crippen LogP contribution in [0.25, 0.3) is 11.3 Å². The van der Waals surface area contributed by atoms with Crippen molar-refractivity contribution < 1.29 is 28.4 Å². The number of nitrogens with one attached hydrogen (secondary N) is 1. The number of benzene rings is 1. The number of pyridine rings is 2. The highest BCUT2D eigenvalue weighted by Gasteiger charge is 2.24. The Kier molecular flexibility index (Phi) is 9.85. The Hall–Kier alpha value is -3.36. The largest absolute Gasteiger partial charge is 0.480 e. The topological polar surface area (TPSA) is 109 Å². The van der Waals surface area contributed by atoms with Gasteiger partial charge in [0.05, 0.1) is 50.2 Å². The summed E-state index contributed by atoms with van der Waals surface area (Å²) in [5.41, 5.74) is 2.38. The molecule has 228 valence electrons. The third-order valence-corrected chi connectivity index (χ3v) is 8.84. The Morgan fingerprint density at radius 3 is 2.48 bits per heavy atom. The zero-order valence-corrected chi connectivity index (χ0v) is 24.8. The van der Waals surface area contributed by atoms with E-state index >= 15 is 4.39 Å². The first-order valence-corrected chi connectivity index (χ1v) is 15.4. The molecule has 2 fully saturated rings. The van der Waals surface area contributed by atoms with Crippen LogP contribution in [0.3, 0.4) is 0 Å². The van der Waals surface area contributed by atoms with E-state index < -0.39 is 15.8 Å². The summed E-state index contributed by atoms with van der Waals surface area (Å²) < 4.78 is 60.6. The van der Waals surface area contributed by atoms with Gasteiger partial charge in [-0.05, 0) is 35.9 Å². The molecular weight excluding hydrogens is 563 g/mol. The Labute approximate surface area is 247 Å². The molecule has 0 amide bonds. The molecule has 0 atom stereocenters. The smallest absolute Gasteiger partial charge is 0.267 e. The summed E-state index contributed by atoms with van der Waals surface area (Å²) in [5.74, 6) is -0.436. The fraction of sp³-hybridized carbons (Fsp3) is 0.448. The third kappa shape index (κ3) is 7.34. The quantitative estimate of drug-likeness (QED) is 0.352. The zero-order chi connectivity index (χ0) is 29.5. The molecule has 3 aromatic rings. The minimum atomic E-state index is -4.09. The first-order valence-electron chi connectivity index (χ1n) is 13.9. The summed E-state index contributed by atoms with van der Waals surface area (Å²) >= 11 is 0. The number of aromatic nitrogens is 2. The van der Waals surface area contributed by atoms with E-state index in [1.807, 2.05) is 11.0 Å². The van der Waals surface area contributed by atoms with Crippen molar-refractivity contribution in [2.75, 3.05) is 89.5 Å². The summed E-state index contributed by atoms with van der Waals surface area (Å²) in [5, 5.41) is 0. The van der Waals surface area contributed by atoms with Crippen LogP contribution in [0.4, 0.5) is 15.8 Å². The van der Waals surface area contributed by atoms with Crippen molar-refractivity contribution >= 4 is 21.4 Å². The second kappa shape index (κ2) is 13.7. The van der Waals surface area contributed by atoms with Gasteiger partial charge < -0.3 is 19.1 Å². The lowest BCUT2D eigenvalue weighted by Gasteiger charge is -2.34. The zero-order valence-electron chi connectivity index (χ0n) is 24.0. The predicted molar refractivity (Wildman–Crippen MR) is 160 cm³/mol. The van der Waals surface area contributed by atoms with Crippen LogP contribution in [0.1, 0.15) is 6.99 Å². The molecule has 0 aliphatic carbocycles. The van der Waals surface area contributed by atoms with Gasteiger partial charge in [-0.3, -0.25) is 19.5 Å². The molecule has 0 spiro atoms. The number of nitrogens with zero attached hydrogens (tertiary/aromatic N) is 5. The van der Waals surface area contributed by atoms with E-state index in [2.05, 4.69) is 24.5 Å². The van der Waals surface area contributed by atoms with E-state index in [-0.39, 0.29) is 23.5 Å². The maximum Gasteiger partial charge on any atom is 0.267 e. The maximum absolute atomic E-state index is 15.3. The number of morpholine rings is 1. The van der Waals surface area contributed by atoms with Crippen molar-refractivity contribution in [1.29, 1.82) is 0 Å². The van der Waals surface area contributed by atoms with Gasteiger partial charge in [-0.2, -0.15) is 0 Å². The number of ether oxygens (including phenoxy) is 3. The molecule has 11 nitrogen and oxygen atoms in total. The number of sulfonamides is 1. The average molecular weight is 603 g/mol. The van der Waals surface area contributed by atoms with Crippen LogP contribution in [0, 0.1) is 5.82 Å². The van der Waals surface area contributed by atoms with Crippen LogP contribution in [-0.2, 0) is 26.0 Å². The standard InChI is InChI=1S/C29H37FN6O5S.H2/c1-39-14-11-34-7-9-35(10-8-34)21-22-3-4-25(26(30)17-22)27-18-23(5-6-31-27)33-42(37,38)28-19-24(20-32-29(28)40-2)36-12-15-41-16-13-36;/h3-6,17-20H,7-16,21H2,1-2H3,(H,31,33);1H. The number of halogens is 1. The Bertz CT molecular complexity index is 1470. The number of anilines is 2. The fourth-order valence-electron chi connectivity index (χ4n) is 5.13. The Morgan fingerprint density at radius 1 is 1.00 bits per heavy atom. The summed E-state index contributed by atoms with van der Waals surface area (Å²) in [7, 11) is -1.01. The summed E-state index contributed by atoms with van der Waals surface area (Å²) in [6, 6.07) is 9.69. The second-order valence-corrected chi connectivity index (χ2v) is 11.9. The molecule has 13 heteroatoms. The van der Waals surface area contributed by atoms with Crippen molar-refractivity contribution in [2.45, 2.75) is 11.4 Å². The van der Waals surface area contributed by atoms with Gasteiger partial charge in [0.15, 0.2) is 4.90 Å². The lowest BCUT2D eigenvalue weighted by molar-refractivity contribution is 0.0938. The molecule has 2 aliphatic heterocycles. The van der Waals surface area contributed by atoms with Crippen LogP contribution in [0.15, 0.2) is 53.7 Å². The van der Waals surface area contributed by atoms with Gasteiger partial charge >= 0.3 is 0 Å². The molecule has 0 bridgehead atoms. The third-order valence-electron chi connectivity index (χ3n) is 7.47. The van der Waals surface area contributed by atoms with Gasteiger partial charge in [0.2, 0.25) is 5.88 Å². The van der Waals surface area contributed by atoms with Crippen molar-refractivity contribution in [3.63, 3.8) is 0 Å². The molecule has 0 saturated carbocycles. The number of hydrogen-bond donors (Lipinski definition) is 1. The molecular formula is C29H39FN6O5S. The highest BCUT2D eigenvalue weighted by Crippen LogP contribution is 2.30. The Balaban J connectivity index is 0.00000423. The first kappa shape index (κ1) is 30.1. The minimum absolute atomic E-state index is 0. The molecule has 0 unspecified atom stereocenters. The van der Waals surface area contributed by atoms with Gasteiger partial charge in [-0.25, -0.2) is 17.8 Å². The molecule has 0 radical (unpaired) electrons. The van der Waals surface area contributed by atoms with Gasteiger partial charge in [-0.1, -0.05) is 6.07 Å². The predicted octanol–water partition coefficient (Wildman–Crippen LogP) is 2.94. The van der Waals surface area contributed by atoms with Gasteiger partial charge in [0.1, 0.15) is 5.82 Å². The van der Waals surface area contributed by atoms with Gasteiger partial charge in [0.25, 0.3) is 10.0 Å². The molecule has 2 aliphatic rings. The van der Waals surface area contributed by atoms with Crippen LogP contribution >= 0.6 is 0 Å². The normalized spacial score (nSPS) is 16.9. The van der Waals surface area contributed by atoms with Crippen LogP contribution in [-0.4, -0.2) is 108 Å². The van der Waals surface area contributed by atoms with Gasteiger partial charge in [-0.15, -0.1) is 0 Å². The molecule has 1 N–H and O–H groups in total. The van der Waals surface area contributed by atoms with E-state index in [0.717, 1.165) is 44.9 Å². The van der Waals surface area contributed by atoms with E-state index in [1.54, 1.807) is 25.4 Å². The highest BCUT2D eigenvalue weighted by molar-refractivity contribution is 7.92. The van der Waals surface area contributed by atoms with E-state index in [1.165, 1.54) is 31.5 Å². The Morgan fingerprint density at radius 2 is 1.76 bits per heavy atom. The highest BCUT2D eigenvalue weighted by atomic mass is 32.2. The molecule has 2 saturated heterocycles. The van der Waals surface area contributed by atoms with Crippen LogP contribution in [0.2, 0.25) is 0 Å². The van der Waals surface area contributed by atoms with Gasteiger partial charge in [0, 0.05) is 72.7 Å². The molecule has 42 heavy (non-hydrogen) atoms. The number of hydrogen-bond acceptors (Lipinski definition) is 10. The van der Waals surface area contributed by atoms with E-state index in [4.69, 9.17) is 14.2 Å². The SMILES string of the molecule is COCCN1CCN(Cc2ccc(-c3cc(NS(=O)(=O)c4cc(N5CCOCC5)cnc4OC)ccn3)c(F)c2)CC1.[HH]. The van der Waals surface area contributed by atoms with E-state index in [0.29, 0.717) is 44.2 Å². The van der Waals surface area contributed by atoms with E-state index in [9.17, 15) is 8.42 Å². The number of rotatable bonds is 11. The van der Waals surface area contributed by atoms with Crippen molar-refractivity contribution in [1.82, 2.24) is 19.8 Å². The summed E-state index contributed by atoms with van der Waals surface area (Å²) in [4.78, 5) is 15.1. The second-order valence-electron chi connectivity index (χ2n) is 10.3. The van der Waals surface area contributed by atoms with Crippen LogP contribution in [0.5, 0.6) is 5.88 Å². The lowest BCUT2D eigenvalue weighted by Crippen LogP contribution is -2.46. The number of methoxy groups -OCH3 is 2. The number of piperazine rings is 1. The summed E-state index contributed by atoms with van der Waals surface area (Å²) in [6.45, 7) is 8.38. The lowest BCUT2D eigenvalue weighted by atomic mass is 10.1. The monoisotopic (exact) mass is 602 g/mol. The molecule has 1 aromatic carbocycles. The van der Waals surface area contributed by atoms with Crippen LogP contribution < -0.4 is 14.4 Å². The molecule has 5 rings (SSSR count). The summed E-state index contributed by atoms with van der Waals surface area (Å²) in [6.07, 6.45) is 3.03. The fourth-order valence-corrected chi connectivity index (χ4v) is 6.32.